The number of hydrogen-bond donors (Lipinski definition) is 9. The van der Waals surface area contributed by atoms with Crippen LogP contribution in [0.1, 0.15) is 20.8 Å². The highest BCUT2D eigenvalue weighted by Crippen LogP contribution is 2.30. The Bertz CT molecular complexity index is 849. The molecule has 9 N–H and O–H groups in total. The van der Waals surface area contributed by atoms with Crippen molar-refractivity contribution in [2.45, 2.75) is 94.2 Å². The number of nitrogens with one attached hydrogen (secondary N) is 3. The number of ether oxygens (including phenoxy) is 4. The Labute approximate surface area is 223 Å². The van der Waals surface area contributed by atoms with E-state index in [1.807, 2.05) is 0 Å². The van der Waals surface area contributed by atoms with Crippen LogP contribution >= 0.6 is 0 Å². The number of carbonyl (C=O) groups is 4. The predicted molar refractivity (Wildman–Crippen MR) is 125 cm³/mol. The molecule has 12 atom stereocenters. The third kappa shape index (κ3) is 8.34. The van der Waals surface area contributed by atoms with Crippen molar-refractivity contribution in [1.82, 2.24) is 16.0 Å². The molecule has 3 amide bonds. The second-order valence-corrected chi connectivity index (χ2v) is 9.20. The van der Waals surface area contributed by atoms with E-state index in [4.69, 9.17) is 18.9 Å². The summed E-state index contributed by atoms with van der Waals surface area (Å²) in [5, 5.41) is 68.1. The molecule has 0 aromatic rings. The van der Waals surface area contributed by atoms with Crippen molar-refractivity contribution in [3.63, 3.8) is 0 Å². The molecule has 0 radical (unpaired) electrons. The summed E-state index contributed by atoms with van der Waals surface area (Å²) < 4.78 is 22.6. The lowest BCUT2D eigenvalue weighted by Crippen LogP contribution is -2.69. The van der Waals surface area contributed by atoms with Gasteiger partial charge in [0, 0.05) is 20.8 Å². The summed E-state index contributed by atoms with van der Waals surface area (Å²) in [7, 11) is 0. The minimum Gasteiger partial charge on any atom is -0.394 e. The summed E-state index contributed by atoms with van der Waals surface area (Å²) in [4.78, 5) is 46.8. The van der Waals surface area contributed by atoms with Gasteiger partial charge in [-0.05, 0) is 0 Å². The number of hydrogen-bond acceptors (Lipinski definition) is 14. The highest BCUT2D eigenvalue weighted by molar-refractivity contribution is 5.74. The molecule has 2 heterocycles. The van der Waals surface area contributed by atoms with Crippen LogP contribution in [0.25, 0.3) is 0 Å². The zero-order valence-corrected chi connectivity index (χ0v) is 21.6. The van der Waals surface area contributed by atoms with Gasteiger partial charge in [0.15, 0.2) is 18.9 Å². The number of aliphatic hydroxyl groups is 6. The minimum absolute atomic E-state index is 0.267. The molecule has 12 unspecified atom stereocenters. The van der Waals surface area contributed by atoms with Gasteiger partial charge < -0.3 is 70.3 Å². The van der Waals surface area contributed by atoms with E-state index in [1.54, 1.807) is 0 Å². The lowest BCUT2D eigenvalue weighted by molar-refractivity contribution is -0.335. The third-order valence-corrected chi connectivity index (χ3v) is 6.17. The minimum atomic E-state index is -1.73. The van der Waals surface area contributed by atoms with Crippen molar-refractivity contribution in [3.8, 4) is 0 Å². The van der Waals surface area contributed by atoms with Gasteiger partial charge in [0.2, 0.25) is 17.7 Å². The van der Waals surface area contributed by atoms with Gasteiger partial charge in [-0.15, -0.1) is 0 Å². The summed E-state index contributed by atoms with van der Waals surface area (Å²) in [6.45, 7) is 1.14. The highest BCUT2D eigenvalue weighted by Gasteiger charge is 2.52. The Morgan fingerprint density at radius 2 is 1.36 bits per heavy atom. The maximum absolute atomic E-state index is 11.9. The molecule has 2 aliphatic rings. The molecule has 39 heavy (non-hydrogen) atoms. The maximum Gasteiger partial charge on any atom is 0.217 e. The molecular formula is C22H37N3O14. The Morgan fingerprint density at radius 1 is 0.821 bits per heavy atom. The fourth-order valence-electron chi connectivity index (χ4n) is 4.35. The number of carbonyl (C=O) groups excluding carboxylic acids is 4. The van der Waals surface area contributed by atoms with Gasteiger partial charge in [-0.25, -0.2) is 0 Å². The number of rotatable bonds is 12. The van der Waals surface area contributed by atoms with Crippen LogP contribution in [0.2, 0.25) is 0 Å². The SMILES string of the molecule is CC(=O)NC(CO)C(C=O)OC1OC(CO)C(OC2OC(CO)C(O)C(O)C2NC(C)=O)C(O)C1NC(C)=O. The highest BCUT2D eigenvalue weighted by atomic mass is 16.7. The first-order chi connectivity index (χ1) is 18.4. The standard InChI is InChI=1S/C22H37N3O14/c1-8(30)23-11(4-26)12(5-27)36-21-16(25-10(3)32)19(35)20(14(7-29)38-21)39-22-15(24-9(2)31)18(34)17(33)13(6-28)37-22/h5,11-22,26,28-29,33-35H,4,6-7H2,1-3H3,(H,23,30)(H,24,31)(H,25,32). The van der Waals surface area contributed by atoms with E-state index in [-0.39, 0.29) is 6.29 Å². The Hall–Kier alpha value is -2.32. The van der Waals surface area contributed by atoms with Crippen molar-refractivity contribution >= 4 is 24.0 Å². The average molecular weight is 568 g/mol. The maximum atomic E-state index is 11.9. The van der Waals surface area contributed by atoms with Crippen LogP contribution in [0.15, 0.2) is 0 Å². The number of amides is 3. The normalized spacial score (nSPS) is 36.3. The lowest BCUT2D eigenvalue weighted by Gasteiger charge is -2.48. The Morgan fingerprint density at radius 3 is 1.82 bits per heavy atom. The van der Waals surface area contributed by atoms with E-state index in [9.17, 15) is 49.8 Å². The van der Waals surface area contributed by atoms with Crippen molar-refractivity contribution in [2.24, 2.45) is 0 Å². The van der Waals surface area contributed by atoms with Gasteiger partial charge in [0.05, 0.1) is 25.9 Å². The second kappa shape index (κ2) is 14.9. The fraction of sp³-hybridized carbons (Fsp3) is 0.818. The molecule has 0 saturated carbocycles. The number of aldehydes is 1. The van der Waals surface area contributed by atoms with Gasteiger partial charge in [0.1, 0.15) is 54.8 Å². The molecule has 0 aliphatic carbocycles. The molecule has 2 saturated heterocycles. The van der Waals surface area contributed by atoms with E-state index in [2.05, 4.69) is 16.0 Å². The molecule has 2 rings (SSSR count). The molecule has 0 bridgehead atoms. The van der Waals surface area contributed by atoms with Crippen molar-refractivity contribution < 1.29 is 68.8 Å². The largest absolute Gasteiger partial charge is 0.394 e. The quantitative estimate of drug-likeness (QED) is 0.0994. The van der Waals surface area contributed by atoms with Crippen molar-refractivity contribution in [1.29, 1.82) is 0 Å². The monoisotopic (exact) mass is 567 g/mol. The molecule has 17 nitrogen and oxygen atoms in total. The first kappa shape index (κ1) is 32.9. The molecule has 2 aliphatic heterocycles. The molecule has 17 heteroatoms. The summed E-state index contributed by atoms with van der Waals surface area (Å²) in [6.07, 6.45) is -13.7. The van der Waals surface area contributed by atoms with Crippen LogP contribution in [0, 0.1) is 0 Å². The molecular weight excluding hydrogens is 530 g/mol. The van der Waals surface area contributed by atoms with E-state index < -0.39 is 111 Å². The molecule has 0 aromatic heterocycles. The van der Waals surface area contributed by atoms with Crippen molar-refractivity contribution in [2.75, 3.05) is 19.8 Å². The molecule has 224 valence electrons. The topological polar surface area (TPSA) is 263 Å². The first-order valence-corrected chi connectivity index (χ1v) is 12.1. The zero-order chi connectivity index (χ0) is 29.4. The smallest absolute Gasteiger partial charge is 0.217 e. The van der Waals surface area contributed by atoms with Crippen LogP contribution in [0.3, 0.4) is 0 Å². The average Bonchev–Trinajstić information content (AvgIpc) is 2.87. The van der Waals surface area contributed by atoms with Gasteiger partial charge in [-0.2, -0.15) is 0 Å². The van der Waals surface area contributed by atoms with Gasteiger partial charge >= 0.3 is 0 Å². The third-order valence-electron chi connectivity index (χ3n) is 6.17. The van der Waals surface area contributed by atoms with Crippen LogP contribution in [-0.2, 0) is 38.1 Å². The summed E-state index contributed by atoms with van der Waals surface area (Å²) in [5.74, 6) is -1.87. The second-order valence-electron chi connectivity index (χ2n) is 9.20. The van der Waals surface area contributed by atoms with Crippen LogP contribution < -0.4 is 16.0 Å². The van der Waals surface area contributed by atoms with Gasteiger partial charge in [-0.3, -0.25) is 14.4 Å². The molecule has 0 aromatic carbocycles. The van der Waals surface area contributed by atoms with Gasteiger partial charge in [0.25, 0.3) is 0 Å². The summed E-state index contributed by atoms with van der Waals surface area (Å²) in [6, 6.07) is -4.04. The van der Waals surface area contributed by atoms with Crippen LogP contribution in [-0.4, -0.2) is 148 Å². The fourth-order valence-corrected chi connectivity index (χ4v) is 4.35. The zero-order valence-electron chi connectivity index (χ0n) is 21.6. The summed E-state index contributed by atoms with van der Waals surface area (Å²) in [5.41, 5.74) is 0. The van der Waals surface area contributed by atoms with E-state index in [0.717, 1.165) is 20.8 Å². The predicted octanol–water partition coefficient (Wildman–Crippen LogP) is -6.02. The Kier molecular flexibility index (Phi) is 12.6. The first-order valence-electron chi connectivity index (χ1n) is 12.1. The Balaban J connectivity index is 2.35. The van der Waals surface area contributed by atoms with Gasteiger partial charge in [-0.1, -0.05) is 0 Å². The van der Waals surface area contributed by atoms with E-state index >= 15 is 0 Å². The van der Waals surface area contributed by atoms with E-state index in [1.165, 1.54) is 0 Å². The summed E-state index contributed by atoms with van der Waals surface area (Å²) >= 11 is 0. The van der Waals surface area contributed by atoms with Crippen molar-refractivity contribution in [3.05, 3.63) is 0 Å². The molecule has 0 spiro atoms. The lowest BCUT2D eigenvalue weighted by atomic mass is 9.94. The molecule has 2 fully saturated rings. The number of aliphatic hydroxyl groups excluding tert-OH is 6. The van der Waals surface area contributed by atoms with Crippen LogP contribution in [0.5, 0.6) is 0 Å². The van der Waals surface area contributed by atoms with E-state index in [0.29, 0.717) is 0 Å². The van der Waals surface area contributed by atoms with Crippen LogP contribution in [0.4, 0.5) is 0 Å².